The van der Waals surface area contributed by atoms with Gasteiger partial charge >= 0.3 is 11.8 Å². The highest BCUT2D eigenvalue weighted by Gasteiger charge is 2.14. The second-order valence-electron chi connectivity index (χ2n) is 6.77. The van der Waals surface area contributed by atoms with Crippen LogP contribution in [0.1, 0.15) is 5.56 Å². The van der Waals surface area contributed by atoms with Crippen LogP contribution >= 0.6 is 11.6 Å². The van der Waals surface area contributed by atoms with Crippen molar-refractivity contribution in [3.05, 3.63) is 83.4 Å². The number of anilines is 2. The molecule has 3 rings (SSSR count). The van der Waals surface area contributed by atoms with Crippen LogP contribution in [0.25, 0.3) is 0 Å². The topological polar surface area (TPSA) is 118 Å². The molecule has 0 unspecified atom stereocenters. The van der Waals surface area contributed by atoms with E-state index in [-0.39, 0.29) is 12.5 Å². The van der Waals surface area contributed by atoms with Gasteiger partial charge in [0.2, 0.25) is 0 Å². The zero-order chi connectivity index (χ0) is 24.3. The molecule has 3 aromatic carbocycles. The van der Waals surface area contributed by atoms with Crippen LogP contribution in [0.4, 0.5) is 11.4 Å². The fraction of sp³-hybridized carbons (Fsp3) is 0.0833. The average molecular weight is 481 g/mol. The molecule has 0 saturated carbocycles. The number of nitrogens with zero attached hydrogens (tertiary/aromatic N) is 1. The van der Waals surface area contributed by atoms with Crippen LogP contribution in [0.3, 0.4) is 0 Å². The number of benzene rings is 3. The molecule has 0 heterocycles. The lowest BCUT2D eigenvalue weighted by molar-refractivity contribution is -0.136. The van der Waals surface area contributed by atoms with Crippen LogP contribution in [0.2, 0.25) is 5.02 Å². The molecule has 174 valence electrons. The summed E-state index contributed by atoms with van der Waals surface area (Å²) in [5, 5.41) is 9.50. The van der Waals surface area contributed by atoms with Crippen molar-refractivity contribution in [3.63, 3.8) is 0 Å². The average Bonchev–Trinajstić information content (AvgIpc) is 2.84. The highest BCUT2D eigenvalue weighted by molar-refractivity contribution is 6.39. The maximum atomic E-state index is 12.1. The van der Waals surface area contributed by atoms with Gasteiger partial charge in [0.15, 0.2) is 6.61 Å². The minimum atomic E-state index is -0.951. The minimum absolute atomic E-state index is 0.205. The Morgan fingerprint density at radius 2 is 1.71 bits per heavy atom. The molecule has 0 aliphatic heterocycles. The summed E-state index contributed by atoms with van der Waals surface area (Å²) in [5.41, 5.74) is 3.70. The Labute approximate surface area is 200 Å². The monoisotopic (exact) mass is 480 g/mol. The summed E-state index contributed by atoms with van der Waals surface area (Å²) in [4.78, 5) is 36.1. The van der Waals surface area contributed by atoms with Crippen molar-refractivity contribution in [2.45, 2.75) is 0 Å². The first-order valence-electron chi connectivity index (χ1n) is 10.0. The van der Waals surface area contributed by atoms with Crippen LogP contribution < -0.4 is 25.5 Å². The highest BCUT2D eigenvalue weighted by Crippen LogP contribution is 2.22. The van der Waals surface area contributed by atoms with Crippen LogP contribution in [0.15, 0.2) is 77.9 Å². The van der Waals surface area contributed by atoms with Gasteiger partial charge in [-0.25, -0.2) is 5.43 Å². The fourth-order valence-corrected chi connectivity index (χ4v) is 2.83. The summed E-state index contributed by atoms with van der Waals surface area (Å²) < 4.78 is 10.6. The standard InChI is InChI=1S/C24H21ClN4O5/c1-33-21-8-3-2-7-20(21)28-23(31)24(32)29-26-14-16-5-4-6-19(13-16)34-15-22(30)27-18-11-9-17(25)10-12-18/h2-14H,15H2,1H3,(H,27,30)(H,28,31)(H,29,32)/b26-14-. The van der Waals surface area contributed by atoms with Gasteiger partial charge in [0.1, 0.15) is 11.5 Å². The Bertz CT molecular complexity index is 1200. The van der Waals surface area contributed by atoms with Gasteiger partial charge in [-0.2, -0.15) is 5.10 Å². The van der Waals surface area contributed by atoms with Gasteiger partial charge in [0, 0.05) is 10.7 Å². The number of ether oxygens (including phenoxy) is 2. The number of carbonyl (C=O) groups is 3. The lowest BCUT2D eigenvalue weighted by Gasteiger charge is -2.09. The van der Waals surface area contributed by atoms with E-state index in [9.17, 15) is 14.4 Å². The fourth-order valence-electron chi connectivity index (χ4n) is 2.71. The molecule has 10 heteroatoms. The van der Waals surface area contributed by atoms with Crippen LogP contribution in [-0.4, -0.2) is 37.7 Å². The van der Waals surface area contributed by atoms with E-state index in [0.29, 0.717) is 33.5 Å². The summed E-state index contributed by atoms with van der Waals surface area (Å²) in [6, 6.07) is 20.1. The number of methoxy groups -OCH3 is 1. The molecule has 0 aromatic heterocycles. The normalized spacial score (nSPS) is 10.4. The number of nitrogens with one attached hydrogen (secondary N) is 3. The minimum Gasteiger partial charge on any atom is -0.495 e. The molecule has 3 aromatic rings. The Morgan fingerprint density at radius 3 is 2.47 bits per heavy atom. The quantitative estimate of drug-likeness (QED) is 0.259. The molecule has 0 radical (unpaired) electrons. The zero-order valence-electron chi connectivity index (χ0n) is 18.1. The van der Waals surface area contributed by atoms with Crippen LogP contribution in [0.5, 0.6) is 11.5 Å². The predicted molar refractivity (Wildman–Crippen MR) is 129 cm³/mol. The summed E-state index contributed by atoms with van der Waals surface area (Å²) in [5.74, 6) is -1.34. The molecule has 3 N–H and O–H groups in total. The van der Waals surface area contributed by atoms with Gasteiger partial charge in [-0.15, -0.1) is 0 Å². The van der Waals surface area contributed by atoms with E-state index >= 15 is 0 Å². The Balaban J connectivity index is 1.48. The third-order valence-electron chi connectivity index (χ3n) is 4.30. The van der Waals surface area contributed by atoms with Crippen molar-refractivity contribution in [1.82, 2.24) is 5.43 Å². The van der Waals surface area contributed by atoms with Gasteiger partial charge in [-0.05, 0) is 54.1 Å². The van der Waals surface area contributed by atoms with E-state index in [2.05, 4.69) is 21.2 Å². The lowest BCUT2D eigenvalue weighted by atomic mass is 10.2. The molecule has 0 aliphatic carbocycles. The van der Waals surface area contributed by atoms with E-state index in [4.69, 9.17) is 21.1 Å². The van der Waals surface area contributed by atoms with E-state index < -0.39 is 11.8 Å². The first kappa shape index (κ1) is 24.3. The van der Waals surface area contributed by atoms with Crippen LogP contribution in [-0.2, 0) is 14.4 Å². The molecule has 0 atom stereocenters. The zero-order valence-corrected chi connectivity index (χ0v) is 18.8. The van der Waals surface area contributed by atoms with Crippen molar-refractivity contribution in [1.29, 1.82) is 0 Å². The molecule has 0 fully saturated rings. The first-order valence-corrected chi connectivity index (χ1v) is 10.4. The van der Waals surface area contributed by atoms with Gasteiger partial charge in [-0.1, -0.05) is 35.9 Å². The number of para-hydroxylation sites is 2. The molecule has 3 amide bonds. The lowest BCUT2D eigenvalue weighted by Crippen LogP contribution is -2.32. The van der Waals surface area contributed by atoms with Crippen LogP contribution in [0, 0.1) is 0 Å². The van der Waals surface area contributed by atoms with Gasteiger partial charge in [-0.3, -0.25) is 14.4 Å². The van der Waals surface area contributed by atoms with Crippen molar-refractivity contribution in [2.24, 2.45) is 5.10 Å². The number of halogens is 1. The van der Waals surface area contributed by atoms with Gasteiger partial charge < -0.3 is 20.1 Å². The Kier molecular flexibility index (Phi) is 8.59. The van der Waals surface area contributed by atoms with E-state index in [1.807, 2.05) is 0 Å². The third-order valence-corrected chi connectivity index (χ3v) is 4.55. The summed E-state index contributed by atoms with van der Waals surface area (Å²) in [6.45, 7) is -0.205. The number of carbonyl (C=O) groups excluding carboxylic acids is 3. The number of hydrogen-bond donors (Lipinski definition) is 3. The van der Waals surface area contributed by atoms with E-state index in [1.165, 1.54) is 13.3 Å². The molecular formula is C24H21ClN4O5. The van der Waals surface area contributed by atoms with E-state index in [1.54, 1.807) is 72.8 Å². The summed E-state index contributed by atoms with van der Waals surface area (Å²) in [6.07, 6.45) is 1.34. The summed E-state index contributed by atoms with van der Waals surface area (Å²) >= 11 is 5.82. The smallest absolute Gasteiger partial charge is 0.329 e. The number of amides is 3. The second-order valence-corrected chi connectivity index (χ2v) is 7.21. The van der Waals surface area contributed by atoms with E-state index in [0.717, 1.165) is 0 Å². The Hall–Kier alpha value is -4.37. The molecule has 0 saturated heterocycles. The largest absolute Gasteiger partial charge is 0.495 e. The molecular weight excluding hydrogens is 460 g/mol. The molecule has 34 heavy (non-hydrogen) atoms. The molecule has 0 spiro atoms. The number of hydrazone groups is 1. The molecule has 9 nitrogen and oxygen atoms in total. The number of rotatable bonds is 8. The maximum absolute atomic E-state index is 12.1. The highest BCUT2D eigenvalue weighted by atomic mass is 35.5. The predicted octanol–water partition coefficient (Wildman–Crippen LogP) is 3.45. The second kappa shape index (κ2) is 12.0. The van der Waals surface area contributed by atoms with Crippen molar-refractivity contribution < 1.29 is 23.9 Å². The third kappa shape index (κ3) is 7.35. The van der Waals surface area contributed by atoms with Crippen molar-refractivity contribution in [2.75, 3.05) is 24.4 Å². The summed E-state index contributed by atoms with van der Waals surface area (Å²) in [7, 11) is 1.46. The van der Waals surface area contributed by atoms with Crippen molar-refractivity contribution in [3.8, 4) is 11.5 Å². The Morgan fingerprint density at radius 1 is 0.941 bits per heavy atom. The maximum Gasteiger partial charge on any atom is 0.329 e. The molecule has 0 bridgehead atoms. The van der Waals surface area contributed by atoms with Gasteiger partial charge in [0.25, 0.3) is 5.91 Å². The SMILES string of the molecule is COc1ccccc1NC(=O)C(=O)N/N=C\c1cccc(OCC(=O)Nc2ccc(Cl)cc2)c1. The van der Waals surface area contributed by atoms with Gasteiger partial charge in [0.05, 0.1) is 19.0 Å². The first-order chi connectivity index (χ1) is 16.4. The molecule has 0 aliphatic rings. The van der Waals surface area contributed by atoms with Crippen molar-refractivity contribution >= 4 is 46.9 Å². The number of hydrogen-bond acceptors (Lipinski definition) is 6.